The molecule has 0 radical (unpaired) electrons. The quantitative estimate of drug-likeness (QED) is 0.862. The molecule has 3 rings (SSSR count). The highest BCUT2D eigenvalue weighted by Gasteiger charge is 2.29. The number of hydrogen-bond acceptors (Lipinski definition) is 2. The molecule has 3 heteroatoms. The van der Waals surface area contributed by atoms with Crippen molar-refractivity contribution in [3.8, 4) is 11.1 Å². The number of amides is 1. The summed E-state index contributed by atoms with van der Waals surface area (Å²) in [5, 5.41) is 0. The number of benzene rings is 2. The van der Waals surface area contributed by atoms with Gasteiger partial charge in [0.1, 0.15) is 0 Å². The molecule has 1 fully saturated rings. The molecule has 0 aromatic heterocycles. The van der Waals surface area contributed by atoms with Crippen LogP contribution < -0.4 is 0 Å². The molecular weight excluding hydrogens is 274 g/mol. The Hall–Kier alpha value is -2.13. The Labute approximate surface area is 131 Å². The van der Waals surface area contributed by atoms with E-state index in [0.29, 0.717) is 6.61 Å². The van der Waals surface area contributed by atoms with Crippen LogP contribution in [0.4, 0.5) is 0 Å². The largest absolute Gasteiger partial charge is 0.383 e. The molecule has 1 aliphatic rings. The molecule has 1 unspecified atom stereocenters. The van der Waals surface area contributed by atoms with Crippen molar-refractivity contribution in [2.45, 2.75) is 18.9 Å². The molecule has 0 N–H and O–H groups in total. The summed E-state index contributed by atoms with van der Waals surface area (Å²) in [4.78, 5) is 14.7. The smallest absolute Gasteiger partial charge is 0.254 e. The van der Waals surface area contributed by atoms with Crippen molar-refractivity contribution in [3.05, 3.63) is 60.2 Å². The van der Waals surface area contributed by atoms with Crippen LogP contribution in [-0.4, -0.2) is 37.1 Å². The lowest BCUT2D eigenvalue weighted by molar-refractivity contribution is 0.0630. The second-order valence-corrected chi connectivity index (χ2v) is 5.70. The van der Waals surface area contributed by atoms with E-state index in [4.69, 9.17) is 4.74 Å². The number of likely N-dealkylation sites (tertiary alicyclic amines) is 1. The minimum Gasteiger partial charge on any atom is -0.383 e. The molecule has 114 valence electrons. The molecule has 3 nitrogen and oxygen atoms in total. The normalized spacial score (nSPS) is 17.7. The molecule has 0 saturated carbocycles. The van der Waals surface area contributed by atoms with Crippen molar-refractivity contribution < 1.29 is 9.53 Å². The fraction of sp³-hybridized carbons (Fsp3) is 0.316. The van der Waals surface area contributed by atoms with E-state index in [-0.39, 0.29) is 11.9 Å². The maximum Gasteiger partial charge on any atom is 0.254 e. The molecule has 2 aromatic rings. The Morgan fingerprint density at radius 3 is 2.68 bits per heavy atom. The third-order valence-electron chi connectivity index (χ3n) is 4.21. The summed E-state index contributed by atoms with van der Waals surface area (Å²) in [6, 6.07) is 18.2. The third-order valence-corrected chi connectivity index (χ3v) is 4.21. The Balaban J connectivity index is 1.84. The third kappa shape index (κ3) is 3.04. The average molecular weight is 295 g/mol. The highest BCUT2D eigenvalue weighted by Crippen LogP contribution is 2.24. The van der Waals surface area contributed by atoms with Crippen LogP contribution in [0.3, 0.4) is 0 Å². The number of methoxy groups -OCH3 is 1. The van der Waals surface area contributed by atoms with Gasteiger partial charge in [-0.25, -0.2) is 0 Å². The van der Waals surface area contributed by atoms with Gasteiger partial charge in [0.15, 0.2) is 0 Å². The number of hydrogen-bond donors (Lipinski definition) is 0. The first-order valence-electron chi connectivity index (χ1n) is 7.75. The summed E-state index contributed by atoms with van der Waals surface area (Å²) in [7, 11) is 1.69. The molecular formula is C19H21NO2. The lowest BCUT2D eigenvalue weighted by Gasteiger charge is -2.24. The van der Waals surface area contributed by atoms with E-state index in [2.05, 4.69) is 12.1 Å². The van der Waals surface area contributed by atoms with Crippen LogP contribution >= 0.6 is 0 Å². The zero-order valence-corrected chi connectivity index (χ0v) is 12.9. The second-order valence-electron chi connectivity index (χ2n) is 5.70. The first-order valence-corrected chi connectivity index (χ1v) is 7.75. The van der Waals surface area contributed by atoms with Crippen LogP contribution in [0.25, 0.3) is 11.1 Å². The number of ether oxygens (including phenoxy) is 1. The lowest BCUT2D eigenvalue weighted by atomic mass is 10.0. The van der Waals surface area contributed by atoms with Gasteiger partial charge in [-0.3, -0.25) is 4.79 Å². The number of carbonyl (C=O) groups excluding carboxylic acids is 1. The van der Waals surface area contributed by atoms with E-state index in [1.54, 1.807) is 7.11 Å². The van der Waals surface area contributed by atoms with Crippen molar-refractivity contribution in [3.63, 3.8) is 0 Å². The summed E-state index contributed by atoms with van der Waals surface area (Å²) in [5.41, 5.74) is 2.96. The molecule has 0 spiro atoms. The van der Waals surface area contributed by atoms with Crippen molar-refractivity contribution in [2.24, 2.45) is 0 Å². The second kappa shape index (κ2) is 6.75. The van der Waals surface area contributed by atoms with Gasteiger partial charge in [-0.2, -0.15) is 0 Å². The van der Waals surface area contributed by atoms with Crippen molar-refractivity contribution in [1.82, 2.24) is 4.90 Å². The molecule has 1 atom stereocenters. The Morgan fingerprint density at radius 2 is 1.91 bits per heavy atom. The maximum absolute atomic E-state index is 12.8. The number of carbonyl (C=O) groups is 1. The maximum atomic E-state index is 12.8. The molecule has 1 amide bonds. The van der Waals surface area contributed by atoms with Gasteiger partial charge < -0.3 is 9.64 Å². The monoisotopic (exact) mass is 295 g/mol. The summed E-state index contributed by atoms with van der Waals surface area (Å²) in [5.74, 6) is 0.109. The predicted molar refractivity (Wildman–Crippen MR) is 87.8 cm³/mol. The first kappa shape index (κ1) is 14.8. The summed E-state index contributed by atoms with van der Waals surface area (Å²) >= 11 is 0. The van der Waals surface area contributed by atoms with E-state index in [1.807, 2.05) is 47.4 Å². The Morgan fingerprint density at radius 1 is 1.14 bits per heavy atom. The van der Waals surface area contributed by atoms with Gasteiger partial charge in [0, 0.05) is 19.2 Å². The predicted octanol–water partition coefficient (Wildman–Crippen LogP) is 3.60. The summed E-state index contributed by atoms with van der Waals surface area (Å²) in [6.45, 7) is 1.44. The molecule has 2 aromatic carbocycles. The van der Waals surface area contributed by atoms with Crippen LogP contribution in [0.1, 0.15) is 23.2 Å². The van der Waals surface area contributed by atoms with Gasteiger partial charge >= 0.3 is 0 Å². The van der Waals surface area contributed by atoms with Crippen LogP contribution in [0, 0.1) is 0 Å². The van der Waals surface area contributed by atoms with Gasteiger partial charge in [-0.15, -0.1) is 0 Å². The highest BCUT2D eigenvalue weighted by atomic mass is 16.5. The highest BCUT2D eigenvalue weighted by molar-refractivity contribution is 5.95. The van der Waals surface area contributed by atoms with E-state index in [9.17, 15) is 4.79 Å². The molecule has 1 aliphatic heterocycles. The van der Waals surface area contributed by atoms with Crippen molar-refractivity contribution in [2.75, 3.05) is 20.3 Å². The van der Waals surface area contributed by atoms with E-state index in [1.165, 1.54) is 0 Å². The molecule has 22 heavy (non-hydrogen) atoms. The standard InChI is InChI=1S/C19H21NO2/c1-22-14-18-11-6-12-20(18)19(21)17-10-5-9-16(13-17)15-7-3-2-4-8-15/h2-5,7-10,13,18H,6,11-12,14H2,1H3. The van der Waals surface area contributed by atoms with E-state index < -0.39 is 0 Å². The van der Waals surface area contributed by atoms with Crippen molar-refractivity contribution in [1.29, 1.82) is 0 Å². The topological polar surface area (TPSA) is 29.5 Å². The Kier molecular flexibility index (Phi) is 4.54. The molecule has 0 aliphatic carbocycles. The summed E-state index contributed by atoms with van der Waals surface area (Å²) < 4.78 is 5.24. The minimum atomic E-state index is 0.109. The Bertz CT molecular complexity index is 639. The number of rotatable bonds is 4. The van der Waals surface area contributed by atoms with Crippen LogP contribution in [-0.2, 0) is 4.74 Å². The first-order chi connectivity index (χ1) is 10.8. The fourth-order valence-electron chi connectivity index (χ4n) is 3.10. The van der Waals surface area contributed by atoms with Crippen LogP contribution in [0.15, 0.2) is 54.6 Å². The van der Waals surface area contributed by atoms with Gasteiger partial charge in [0.2, 0.25) is 0 Å². The molecule has 1 heterocycles. The average Bonchev–Trinajstić information content (AvgIpc) is 3.04. The van der Waals surface area contributed by atoms with Gasteiger partial charge in [-0.1, -0.05) is 42.5 Å². The van der Waals surface area contributed by atoms with Crippen LogP contribution in [0.5, 0.6) is 0 Å². The molecule has 1 saturated heterocycles. The van der Waals surface area contributed by atoms with Crippen LogP contribution in [0.2, 0.25) is 0 Å². The zero-order chi connectivity index (χ0) is 15.4. The minimum absolute atomic E-state index is 0.109. The summed E-state index contributed by atoms with van der Waals surface area (Å²) in [6.07, 6.45) is 2.08. The van der Waals surface area contributed by atoms with E-state index >= 15 is 0 Å². The zero-order valence-electron chi connectivity index (χ0n) is 12.9. The van der Waals surface area contributed by atoms with E-state index in [0.717, 1.165) is 36.1 Å². The van der Waals surface area contributed by atoms with Crippen molar-refractivity contribution >= 4 is 5.91 Å². The van der Waals surface area contributed by atoms with Gasteiger partial charge in [-0.05, 0) is 36.1 Å². The van der Waals surface area contributed by atoms with Gasteiger partial charge in [0.25, 0.3) is 5.91 Å². The molecule has 0 bridgehead atoms. The lowest BCUT2D eigenvalue weighted by Crippen LogP contribution is -2.38. The van der Waals surface area contributed by atoms with Gasteiger partial charge in [0.05, 0.1) is 12.6 Å². The fourth-order valence-corrected chi connectivity index (χ4v) is 3.10. The SMILES string of the molecule is COCC1CCCN1C(=O)c1cccc(-c2ccccc2)c1. The number of nitrogens with zero attached hydrogens (tertiary/aromatic N) is 1.